The van der Waals surface area contributed by atoms with Gasteiger partial charge < -0.3 is 14.5 Å². The summed E-state index contributed by atoms with van der Waals surface area (Å²) in [5.41, 5.74) is 5.51. The maximum absolute atomic E-state index is 11.7. The van der Waals surface area contributed by atoms with Crippen LogP contribution in [-0.4, -0.2) is 20.9 Å². The van der Waals surface area contributed by atoms with Gasteiger partial charge in [-0.2, -0.15) is 11.3 Å². The van der Waals surface area contributed by atoms with E-state index in [9.17, 15) is 9.90 Å². The van der Waals surface area contributed by atoms with Crippen LogP contribution in [0.3, 0.4) is 0 Å². The smallest absolute Gasteiger partial charge is 0.216 e. The third kappa shape index (κ3) is 6.54. The molecule has 7 heteroatoms. The number of fused-ring (bicyclic) bond motifs is 4. The van der Waals surface area contributed by atoms with Crippen molar-refractivity contribution in [3.05, 3.63) is 71.1 Å². The number of ketones is 1. The van der Waals surface area contributed by atoms with Crippen LogP contribution in [0, 0.1) is 31.7 Å². The number of hydrogen-bond donors (Lipinski definition) is 1. The topological polar surface area (TPSA) is 76.2 Å². The number of rotatable bonds is 8. The Morgan fingerprint density at radius 2 is 1.70 bits per heavy atom. The van der Waals surface area contributed by atoms with Crippen LogP contribution < -0.4 is 0 Å². The van der Waals surface area contributed by atoms with Crippen molar-refractivity contribution in [2.24, 2.45) is 11.8 Å². The van der Waals surface area contributed by atoms with Gasteiger partial charge in [-0.1, -0.05) is 38.6 Å². The van der Waals surface area contributed by atoms with Gasteiger partial charge in [0.1, 0.15) is 0 Å². The van der Waals surface area contributed by atoms with Gasteiger partial charge in [0.2, 0.25) is 5.71 Å². The number of allylic oxidation sites excluding steroid dienone is 2. The Bertz CT molecular complexity index is 1630. The monoisotopic (exact) mass is 734 g/mol. The van der Waals surface area contributed by atoms with Crippen molar-refractivity contribution >= 4 is 49.3 Å². The van der Waals surface area contributed by atoms with Gasteiger partial charge in [0, 0.05) is 65.7 Å². The average Bonchev–Trinajstić information content (AvgIpc) is 3.50. The van der Waals surface area contributed by atoms with Gasteiger partial charge in [-0.3, -0.25) is 4.79 Å². The summed E-state index contributed by atoms with van der Waals surface area (Å²) in [6.07, 6.45) is 6.76. The number of nitrogens with zero attached hydrogens (tertiary/aromatic N) is 2. The van der Waals surface area contributed by atoms with Crippen LogP contribution in [0.5, 0.6) is 0 Å². The van der Waals surface area contributed by atoms with Crippen LogP contribution in [0.15, 0.2) is 58.2 Å². The van der Waals surface area contributed by atoms with Gasteiger partial charge in [-0.05, 0) is 74.1 Å². The largest absolute Gasteiger partial charge is 0.512 e. The molecule has 0 aliphatic rings. The summed E-state index contributed by atoms with van der Waals surface area (Å²) in [6.45, 7) is 12.2. The van der Waals surface area contributed by atoms with Crippen LogP contribution >= 0.6 is 11.3 Å². The summed E-state index contributed by atoms with van der Waals surface area (Å²) >= 11 is 1.71. The molecule has 0 saturated heterocycles. The zero-order valence-corrected chi connectivity index (χ0v) is 27.2. The Morgan fingerprint density at radius 3 is 2.38 bits per heavy atom. The Hall–Kier alpha value is -2.86. The summed E-state index contributed by atoms with van der Waals surface area (Å²) < 4.78 is 7.27. The fraction of sp³-hybridized carbons (Fsp3) is 0.364. The number of pyridine rings is 2. The predicted octanol–water partition coefficient (Wildman–Crippen LogP) is 9.54. The molecule has 1 radical (unpaired) electrons. The van der Waals surface area contributed by atoms with Crippen molar-refractivity contribution in [3.63, 3.8) is 0 Å². The van der Waals surface area contributed by atoms with E-state index in [0.29, 0.717) is 5.71 Å². The quantitative estimate of drug-likeness (QED) is 0.0977. The van der Waals surface area contributed by atoms with Crippen molar-refractivity contribution in [1.82, 2.24) is 9.97 Å². The Labute approximate surface area is 254 Å². The van der Waals surface area contributed by atoms with E-state index < -0.39 is 0 Å². The first-order chi connectivity index (χ1) is 18.8. The molecule has 0 spiro atoms. The third-order valence-corrected chi connectivity index (χ3v) is 8.56. The average molecular weight is 734 g/mol. The molecule has 5 nitrogen and oxygen atoms in total. The van der Waals surface area contributed by atoms with Crippen LogP contribution in [0.25, 0.3) is 43.4 Å². The molecule has 0 fully saturated rings. The number of aliphatic hydroxyl groups is 1. The predicted molar refractivity (Wildman–Crippen MR) is 162 cm³/mol. The summed E-state index contributed by atoms with van der Waals surface area (Å²) in [5, 5.41) is 15.2. The number of furan rings is 1. The van der Waals surface area contributed by atoms with Gasteiger partial charge in [-0.25, -0.2) is 4.98 Å². The molecule has 40 heavy (non-hydrogen) atoms. The second-order valence-corrected chi connectivity index (χ2v) is 10.8. The first-order valence-electron chi connectivity index (χ1n) is 13.8. The number of thiophene rings is 1. The maximum atomic E-state index is 11.7. The minimum Gasteiger partial charge on any atom is -0.512 e. The second-order valence-electron chi connectivity index (χ2n) is 9.96. The molecular formula is C33H37IrN2O3S-. The fourth-order valence-corrected chi connectivity index (χ4v) is 5.98. The van der Waals surface area contributed by atoms with Crippen LogP contribution in [0.4, 0.5) is 0 Å². The van der Waals surface area contributed by atoms with E-state index >= 15 is 0 Å². The summed E-state index contributed by atoms with van der Waals surface area (Å²) in [5.74, 6) is 0.547. The van der Waals surface area contributed by atoms with E-state index in [0.717, 1.165) is 59.0 Å². The third-order valence-electron chi connectivity index (χ3n) is 7.44. The number of aromatic nitrogens is 2. The second kappa shape index (κ2) is 14.2. The van der Waals surface area contributed by atoms with E-state index in [2.05, 4.69) is 40.5 Å². The number of benzene rings is 1. The standard InChI is InChI=1S/C20H13N2OS.C13H24O2.Ir/c1-11-10-24-19-13(11)8-9-21-17(19)16-5-3-4-14-15-7-6-12(2)22-20(15)23-18(14)16;1-5-10(6-2)12(14)9-13(15)11(7-3)8-4;/h3-4,6-10H,1-2H3;9-11,14H,5-8H2,1-4H3;/q-1;;/b;12-9-;. The first kappa shape index (κ1) is 31.7. The number of aliphatic hydroxyl groups excluding tert-OH is 1. The SMILES string of the molecule is CCC(CC)C(=O)/C=C(\O)C(CC)CC.Cc1ccc2c(n1)oc1c(-c3nccc4c(C)csc34)[c-]ccc12.[Ir]. The molecule has 0 unspecified atom stereocenters. The zero-order chi connectivity index (χ0) is 28.1. The van der Waals surface area contributed by atoms with Gasteiger partial charge in [-0.15, -0.1) is 18.2 Å². The number of carbonyl (C=O) groups is 1. The molecular weight excluding hydrogens is 697 g/mol. The van der Waals surface area contributed by atoms with Crippen molar-refractivity contribution in [1.29, 1.82) is 0 Å². The summed E-state index contributed by atoms with van der Waals surface area (Å²) in [4.78, 5) is 20.9. The van der Waals surface area contributed by atoms with E-state index in [1.165, 1.54) is 21.7 Å². The molecule has 1 aromatic carbocycles. The molecule has 1 N–H and O–H groups in total. The van der Waals surface area contributed by atoms with Crippen LogP contribution in [-0.2, 0) is 24.9 Å². The van der Waals surface area contributed by atoms with Crippen molar-refractivity contribution in [2.45, 2.75) is 67.2 Å². The molecule has 0 aliphatic carbocycles. The Balaban J connectivity index is 0.000000243. The molecule has 0 saturated carbocycles. The van der Waals surface area contributed by atoms with Crippen molar-refractivity contribution in [3.8, 4) is 11.3 Å². The first-order valence-corrected chi connectivity index (χ1v) is 14.7. The minimum absolute atomic E-state index is 0. The maximum Gasteiger partial charge on any atom is 0.216 e. The van der Waals surface area contributed by atoms with Gasteiger partial charge in [0.05, 0.1) is 11.3 Å². The minimum atomic E-state index is 0. The molecule has 0 aliphatic heterocycles. The van der Waals surface area contributed by atoms with E-state index in [-0.39, 0.29) is 43.5 Å². The molecule has 0 bridgehead atoms. The molecule has 0 atom stereocenters. The molecule has 0 amide bonds. The van der Waals surface area contributed by atoms with Gasteiger partial charge in [0.25, 0.3) is 0 Å². The van der Waals surface area contributed by atoms with E-state index in [4.69, 9.17) is 4.42 Å². The zero-order valence-electron chi connectivity index (χ0n) is 24.0. The Kier molecular flexibility index (Phi) is 11.2. The molecule has 4 heterocycles. The Morgan fingerprint density at radius 1 is 1.00 bits per heavy atom. The number of aryl methyl sites for hydroxylation is 2. The van der Waals surface area contributed by atoms with Gasteiger partial charge >= 0.3 is 0 Å². The summed E-state index contributed by atoms with van der Waals surface area (Å²) in [7, 11) is 0. The molecule has 5 rings (SSSR count). The van der Waals surface area contributed by atoms with Crippen molar-refractivity contribution in [2.75, 3.05) is 0 Å². The van der Waals surface area contributed by atoms with Crippen molar-refractivity contribution < 1.29 is 34.4 Å². The molecule has 4 aromatic heterocycles. The fourth-order valence-electron chi connectivity index (χ4n) is 4.94. The number of carbonyl (C=O) groups excluding carboxylic acids is 1. The molecule has 213 valence electrons. The summed E-state index contributed by atoms with van der Waals surface area (Å²) in [6, 6.07) is 13.4. The number of hydrogen-bond acceptors (Lipinski definition) is 6. The van der Waals surface area contributed by atoms with E-state index in [1.54, 1.807) is 11.3 Å². The normalized spacial score (nSPS) is 11.8. The van der Waals surface area contributed by atoms with Gasteiger partial charge in [0.15, 0.2) is 5.78 Å². The van der Waals surface area contributed by atoms with Crippen LogP contribution in [0.2, 0.25) is 0 Å². The van der Waals surface area contributed by atoms with E-state index in [1.807, 2.05) is 59.0 Å². The molecule has 5 aromatic rings. The van der Waals surface area contributed by atoms with Crippen LogP contribution in [0.1, 0.15) is 64.6 Å².